The van der Waals surface area contributed by atoms with Gasteiger partial charge in [0.05, 0.1) is 12.8 Å². The molecule has 0 aliphatic heterocycles. The Bertz CT molecular complexity index is 254. The molecular weight excluding hydrogens is 126 g/mol. The van der Waals surface area contributed by atoms with Crippen molar-refractivity contribution in [2.45, 2.75) is 19.9 Å². The summed E-state index contributed by atoms with van der Waals surface area (Å²) < 4.78 is 1.77. The zero-order valence-electron chi connectivity index (χ0n) is 6.07. The Hall–Kier alpha value is -1.30. The third-order valence-electron chi connectivity index (χ3n) is 1.25. The number of hydrogen-bond acceptors (Lipinski definition) is 1. The first kappa shape index (κ1) is 6.81. The van der Waals surface area contributed by atoms with E-state index in [4.69, 9.17) is 6.57 Å². The largest absolute Gasteiger partial charge is 0.282 e. The summed E-state index contributed by atoms with van der Waals surface area (Å²) in [6, 6.07) is 0.343. The molecule has 1 aromatic rings. The minimum atomic E-state index is 0.343. The van der Waals surface area contributed by atoms with Gasteiger partial charge >= 0.3 is 0 Å². The van der Waals surface area contributed by atoms with Crippen LogP contribution in [0.1, 0.15) is 19.9 Å². The predicted octanol–water partition coefficient (Wildman–Crippen LogP) is 2.01. The molecular formula is C7H9N3. The Labute approximate surface area is 60.1 Å². The average molecular weight is 135 g/mol. The molecule has 1 rings (SSSR count). The fourth-order valence-electron chi connectivity index (χ4n) is 0.668. The molecule has 0 saturated heterocycles. The van der Waals surface area contributed by atoms with Gasteiger partial charge in [-0.1, -0.05) is 0 Å². The third-order valence-corrected chi connectivity index (χ3v) is 1.25. The van der Waals surface area contributed by atoms with Crippen LogP contribution in [0.4, 0.5) is 5.69 Å². The molecule has 10 heavy (non-hydrogen) atoms. The SMILES string of the molecule is [C-]#[N+]c1cnn(C(C)C)c1. The maximum atomic E-state index is 6.67. The molecule has 0 saturated carbocycles. The molecule has 0 bridgehead atoms. The van der Waals surface area contributed by atoms with Gasteiger partial charge in [-0.15, -0.1) is 0 Å². The van der Waals surface area contributed by atoms with Crippen molar-refractivity contribution in [3.05, 3.63) is 23.8 Å². The second-order valence-corrected chi connectivity index (χ2v) is 2.38. The van der Waals surface area contributed by atoms with E-state index in [0.29, 0.717) is 11.7 Å². The van der Waals surface area contributed by atoms with Gasteiger partial charge < -0.3 is 0 Å². The van der Waals surface area contributed by atoms with Crippen molar-refractivity contribution in [3.8, 4) is 0 Å². The van der Waals surface area contributed by atoms with Gasteiger partial charge in [0.15, 0.2) is 0 Å². The molecule has 3 heteroatoms. The molecule has 0 spiro atoms. The zero-order valence-corrected chi connectivity index (χ0v) is 6.07. The van der Waals surface area contributed by atoms with Crippen molar-refractivity contribution in [2.24, 2.45) is 0 Å². The number of hydrogen-bond donors (Lipinski definition) is 0. The Morgan fingerprint density at radius 3 is 2.70 bits per heavy atom. The minimum Gasteiger partial charge on any atom is -0.282 e. The molecule has 3 nitrogen and oxygen atoms in total. The van der Waals surface area contributed by atoms with E-state index in [1.54, 1.807) is 17.1 Å². The lowest BCUT2D eigenvalue weighted by molar-refractivity contribution is 0.533. The van der Waals surface area contributed by atoms with E-state index in [1.165, 1.54) is 0 Å². The molecule has 0 atom stereocenters. The lowest BCUT2D eigenvalue weighted by atomic mass is 10.4. The quantitative estimate of drug-likeness (QED) is 0.540. The molecule has 0 aliphatic carbocycles. The molecule has 1 aromatic heterocycles. The molecule has 0 unspecified atom stereocenters. The van der Waals surface area contributed by atoms with Crippen LogP contribution in [-0.4, -0.2) is 9.78 Å². The Morgan fingerprint density at radius 2 is 2.40 bits per heavy atom. The van der Waals surface area contributed by atoms with Gasteiger partial charge in [0.2, 0.25) is 5.69 Å². The van der Waals surface area contributed by atoms with Gasteiger partial charge in [-0.2, -0.15) is 5.10 Å². The van der Waals surface area contributed by atoms with E-state index in [2.05, 4.69) is 9.94 Å². The summed E-state index contributed by atoms with van der Waals surface area (Å²) in [7, 11) is 0. The third kappa shape index (κ3) is 1.16. The van der Waals surface area contributed by atoms with E-state index in [1.807, 2.05) is 13.8 Å². The summed E-state index contributed by atoms with van der Waals surface area (Å²) in [6.07, 6.45) is 3.32. The zero-order chi connectivity index (χ0) is 7.56. The van der Waals surface area contributed by atoms with E-state index < -0.39 is 0 Å². The second kappa shape index (κ2) is 2.53. The lowest BCUT2D eigenvalue weighted by Crippen LogP contribution is -1.99. The molecule has 0 radical (unpaired) electrons. The van der Waals surface area contributed by atoms with E-state index in [0.717, 1.165) is 0 Å². The van der Waals surface area contributed by atoms with E-state index >= 15 is 0 Å². The first-order valence-electron chi connectivity index (χ1n) is 3.15. The standard InChI is InChI=1S/C7H9N3/c1-6(2)10-5-7(8-3)4-9-10/h4-6H,1-2H3. The van der Waals surface area contributed by atoms with E-state index in [-0.39, 0.29) is 0 Å². The van der Waals surface area contributed by atoms with Crippen LogP contribution in [0.25, 0.3) is 4.85 Å². The smallest absolute Gasteiger partial charge is 0.224 e. The molecule has 0 aromatic carbocycles. The molecule has 0 amide bonds. The highest BCUT2D eigenvalue weighted by molar-refractivity contribution is 5.38. The summed E-state index contributed by atoms with van der Waals surface area (Å²) in [4.78, 5) is 3.24. The van der Waals surface area contributed by atoms with Crippen molar-refractivity contribution in [2.75, 3.05) is 0 Å². The van der Waals surface area contributed by atoms with Crippen molar-refractivity contribution >= 4 is 5.69 Å². The maximum Gasteiger partial charge on any atom is 0.224 e. The van der Waals surface area contributed by atoms with Crippen LogP contribution in [-0.2, 0) is 0 Å². The van der Waals surface area contributed by atoms with Gasteiger partial charge in [-0.3, -0.25) is 4.68 Å². The summed E-state index contributed by atoms with van der Waals surface area (Å²) >= 11 is 0. The summed E-state index contributed by atoms with van der Waals surface area (Å²) in [5.41, 5.74) is 0.605. The van der Waals surface area contributed by atoms with Crippen molar-refractivity contribution in [3.63, 3.8) is 0 Å². The fraction of sp³-hybridized carbons (Fsp3) is 0.429. The Morgan fingerprint density at radius 1 is 1.70 bits per heavy atom. The fourth-order valence-corrected chi connectivity index (χ4v) is 0.668. The second-order valence-electron chi connectivity index (χ2n) is 2.38. The van der Waals surface area contributed by atoms with Gasteiger partial charge in [-0.05, 0) is 13.8 Å². The van der Waals surface area contributed by atoms with Crippen molar-refractivity contribution in [1.29, 1.82) is 0 Å². The Balaban J connectivity index is 2.91. The van der Waals surface area contributed by atoms with Crippen LogP contribution in [0.15, 0.2) is 12.4 Å². The van der Waals surface area contributed by atoms with Crippen LogP contribution < -0.4 is 0 Å². The van der Waals surface area contributed by atoms with Crippen molar-refractivity contribution in [1.82, 2.24) is 9.78 Å². The van der Waals surface area contributed by atoms with Gasteiger partial charge in [0.1, 0.15) is 0 Å². The van der Waals surface area contributed by atoms with Crippen LogP contribution >= 0.6 is 0 Å². The van der Waals surface area contributed by atoms with Gasteiger partial charge in [0.25, 0.3) is 0 Å². The van der Waals surface area contributed by atoms with Crippen LogP contribution in [0.2, 0.25) is 0 Å². The molecule has 0 aliphatic rings. The first-order valence-corrected chi connectivity index (χ1v) is 3.15. The molecule has 0 N–H and O–H groups in total. The highest BCUT2D eigenvalue weighted by Crippen LogP contribution is 2.11. The predicted molar refractivity (Wildman–Crippen MR) is 38.9 cm³/mol. The molecule has 1 heterocycles. The van der Waals surface area contributed by atoms with Gasteiger partial charge in [0, 0.05) is 12.2 Å². The average Bonchev–Trinajstić information content (AvgIpc) is 2.34. The van der Waals surface area contributed by atoms with E-state index in [9.17, 15) is 0 Å². The van der Waals surface area contributed by atoms with Crippen molar-refractivity contribution < 1.29 is 0 Å². The number of aromatic nitrogens is 2. The highest BCUT2D eigenvalue weighted by atomic mass is 15.3. The normalized spacial score (nSPS) is 9.80. The Kier molecular flexibility index (Phi) is 1.72. The first-order chi connectivity index (χ1) is 4.74. The number of nitrogens with zero attached hydrogens (tertiary/aromatic N) is 3. The lowest BCUT2D eigenvalue weighted by Gasteiger charge is -2.02. The van der Waals surface area contributed by atoms with Gasteiger partial charge in [-0.25, -0.2) is 4.85 Å². The maximum absolute atomic E-state index is 6.67. The molecule has 0 fully saturated rings. The summed E-state index contributed by atoms with van der Waals surface area (Å²) in [5.74, 6) is 0. The highest BCUT2D eigenvalue weighted by Gasteiger charge is 1.98. The summed E-state index contributed by atoms with van der Waals surface area (Å²) in [5, 5.41) is 3.99. The topological polar surface area (TPSA) is 22.2 Å². The van der Waals surface area contributed by atoms with Crippen LogP contribution in [0.5, 0.6) is 0 Å². The number of rotatable bonds is 1. The minimum absolute atomic E-state index is 0.343. The van der Waals surface area contributed by atoms with Crippen LogP contribution in [0.3, 0.4) is 0 Å². The van der Waals surface area contributed by atoms with Crippen LogP contribution in [0, 0.1) is 6.57 Å². The monoisotopic (exact) mass is 135 g/mol. The summed E-state index contributed by atoms with van der Waals surface area (Å²) in [6.45, 7) is 10.7. The molecule has 52 valence electrons.